The lowest BCUT2D eigenvalue weighted by atomic mass is 9.87. The first-order chi connectivity index (χ1) is 10.1. The number of methoxy groups -OCH3 is 1. The number of ether oxygens (including phenoxy) is 2. The standard InChI is InChI=1S/C16H22N2O3/c1-12-7-13(10-17-9-12)15(19)18-5-3-16(4-6-18)8-14(20-2)11-21-16/h7,9-10,14H,3-6,8,11H2,1-2H3/t14-/m1/s1. The molecule has 3 rings (SSSR count). The quantitative estimate of drug-likeness (QED) is 0.833. The number of aryl methyl sites for hydroxylation is 1. The van der Waals surface area contributed by atoms with E-state index in [1.165, 1.54) is 0 Å². The molecule has 0 N–H and O–H groups in total. The zero-order chi connectivity index (χ0) is 14.9. The van der Waals surface area contributed by atoms with E-state index in [1.807, 2.05) is 17.9 Å². The molecule has 2 aliphatic heterocycles. The molecule has 3 heterocycles. The molecule has 0 aromatic carbocycles. The average molecular weight is 290 g/mol. The second-order valence-corrected chi connectivity index (χ2v) is 6.10. The van der Waals surface area contributed by atoms with Crippen LogP contribution in [0.25, 0.3) is 0 Å². The van der Waals surface area contributed by atoms with Crippen molar-refractivity contribution < 1.29 is 14.3 Å². The highest BCUT2D eigenvalue weighted by atomic mass is 16.6. The minimum Gasteiger partial charge on any atom is -0.379 e. The van der Waals surface area contributed by atoms with E-state index in [4.69, 9.17) is 9.47 Å². The van der Waals surface area contributed by atoms with Gasteiger partial charge < -0.3 is 14.4 Å². The summed E-state index contributed by atoms with van der Waals surface area (Å²) < 4.78 is 11.3. The Hall–Kier alpha value is -1.46. The van der Waals surface area contributed by atoms with Gasteiger partial charge in [-0.3, -0.25) is 9.78 Å². The maximum atomic E-state index is 12.5. The van der Waals surface area contributed by atoms with E-state index < -0.39 is 0 Å². The summed E-state index contributed by atoms with van der Waals surface area (Å²) in [6, 6.07) is 1.90. The normalized spacial score (nSPS) is 24.5. The van der Waals surface area contributed by atoms with Gasteiger partial charge in [0.2, 0.25) is 0 Å². The molecule has 0 bridgehead atoms. The highest BCUT2D eigenvalue weighted by Crippen LogP contribution is 2.37. The Balaban J connectivity index is 1.62. The first kappa shape index (κ1) is 14.5. The average Bonchev–Trinajstić information content (AvgIpc) is 2.90. The summed E-state index contributed by atoms with van der Waals surface area (Å²) in [7, 11) is 1.73. The smallest absolute Gasteiger partial charge is 0.255 e. The second kappa shape index (κ2) is 5.73. The van der Waals surface area contributed by atoms with Gasteiger partial charge >= 0.3 is 0 Å². The highest BCUT2D eigenvalue weighted by Gasteiger charge is 2.43. The van der Waals surface area contributed by atoms with E-state index in [9.17, 15) is 4.79 Å². The van der Waals surface area contributed by atoms with Crippen molar-refractivity contribution in [1.82, 2.24) is 9.88 Å². The summed E-state index contributed by atoms with van der Waals surface area (Å²) in [6.07, 6.45) is 6.33. The third-order valence-electron chi connectivity index (χ3n) is 4.59. The number of piperidine rings is 1. The minimum absolute atomic E-state index is 0.0716. The molecule has 0 aliphatic carbocycles. The van der Waals surface area contributed by atoms with Gasteiger partial charge in [0, 0.05) is 39.0 Å². The van der Waals surface area contributed by atoms with Crippen LogP contribution in [0.4, 0.5) is 0 Å². The molecule has 1 aromatic rings. The number of carbonyl (C=O) groups excluding carboxylic acids is 1. The number of amides is 1. The molecule has 0 saturated carbocycles. The molecule has 0 unspecified atom stereocenters. The Morgan fingerprint density at radius 2 is 2.19 bits per heavy atom. The summed E-state index contributed by atoms with van der Waals surface area (Å²) in [5.41, 5.74) is 1.60. The number of hydrogen-bond acceptors (Lipinski definition) is 4. The van der Waals surface area contributed by atoms with Crippen molar-refractivity contribution in [3.05, 3.63) is 29.6 Å². The molecule has 5 nitrogen and oxygen atoms in total. The van der Waals surface area contributed by atoms with Gasteiger partial charge in [-0.25, -0.2) is 0 Å². The van der Waals surface area contributed by atoms with Crippen LogP contribution in [0.5, 0.6) is 0 Å². The topological polar surface area (TPSA) is 51.7 Å². The van der Waals surface area contributed by atoms with Gasteiger partial charge in [-0.2, -0.15) is 0 Å². The van der Waals surface area contributed by atoms with Crippen molar-refractivity contribution in [3.63, 3.8) is 0 Å². The monoisotopic (exact) mass is 290 g/mol. The molecular weight excluding hydrogens is 268 g/mol. The van der Waals surface area contributed by atoms with Crippen LogP contribution in [-0.4, -0.2) is 54.3 Å². The fourth-order valence-electron chi connectivity index (χ4n) is 3.27. The zero-order valence-corrected chi connectivity index (χ0v) is 12.7. The van der Waals surface area contributed by atoms with Gasteiger partial charge in [-0.1, -0.05) is 0 Å². The molecule has 1 amide bonds. The summed E-state index contributed by atoms with van der Waals surface area (Å²) in [6.45, 7) is 4.10. The summed E-state index contributed by atoms with van der Waals surface area (Å²) >= 11 is 0. The van der Waals surface area contributed by atoms with E-state index in [1.54, 1.807) is 19.5 Å². The van der Waals surface area contributed by atoms with Gasteiger partial charge in [-0.05, 0) is 31.4 Å². The Morgan fingerprint density at radius 1 is 1.43 bits per heavy atom. The van der Waals surface area contributed by atoms with E-state index >= 15 is 0 Å². The lowest BCUT2D eigenvalue weighted by Crippen LogP contribution is -2.46. The van der Waals surface area contributed by atoms with Gasteiger partial charge in [0.05, 0.1) is 23.9 Å². The maximum absolute atomic E-state index is 12.5. The SMILES string of the molecule is CO[C@H]1COC2(CCN(C(=O)c3cncc(C)c3)CC2)C1. The predicted molar refractivity (Wildman–Crippen MR) is 78.2 cm³/mol. The van der Waals surface area contributed by atoms with Gasteiger partial charge in [0.15, 0.2) is 0 Å². The van der Waals surface area contributed by atoms with Crippen LogP contribution in [0.2, 0.25) is 0 Å². The lowest BCUT2D eigenvalue weighted by molar-refractivity contribution is -0.0402. The summed E-state index contributed by atoms with van der Waals surface area (Å²) in [5, 5.41) is 0. The predicted octanol–water partition coefficient (Wildman–Crippen LogP) is 1.80. The number of likely N-dealkylation sites (tertiary alicyclic amines) is 1. The maximum Gasteiger partial charge on any atom is 0.255 e. The lowest BCUT2D eigenvalue weighted by Gasteiger charge is -2.38. The van der Waals surface area contributed by atoms with E-state index in [0.29, 0.717) is 12.2 Å². The second-order valence-electron chi connectivity index (χ2n) is 6.10. The molecule has 1 aromatic heterocycles. The van der Waals surface area contributed by atoms with Crippen LogP contribution in [0.15, 0.2) is 18.5 Å². The number of aromatic nitrogens is 1. The van der Waals surface area contributed by atoms with Gasteiger partial charge in [-0.15, -0.1) is 0 Å². The number of pyridine rings is 1. The Kier molecular flexibility index (Phi) is 3.95. The molecule has 2 aliphatic rings. The van der Waals surface area contributed by atoms with Crippen LogP contribution in [-0.2, 0) is 9.47 Å². The third kappa shape index (κ3) is 2.94. The largest absolute Gasteiger partial charge is 0.379 e. The molecule has 1 atom stereocenters. The van der Waals surface area contributed by atoms with Gasteiger partial charge in [0.25, 0.3) is 5.91 Å². The first-order valence-corrected chi connectivity index (χ1v) is 7.50. The number of nitrogens with zero attached hydrogens (tertiary/aromatic N) is 2. The third-order valence-corrected chi connectivity index (χ3v) is 4.59. The van der Waals surface area contributed by atoms with Crippen LogP contribution >= 0.6 is 0 Å². The number of hydrogen-bond donors (Lipinski definition) is 0. The van der Waals surface area contributed by atoms with Crippen LogP contribution in [0, 0.1) is 6.92 Å². The van der Waals surface area contributed by atoms with Crippen molar-refractivity contribution in [2.45, 2.75) is 37.9 Å². The Morgan fingerprint density at radius 3 is 2.81 bits per heavy atom. The van der Waals surface area contributed by atoms with Gasteiger partial charge in [0.1, 0.15) is 0 Å². The first-order valence-electron chi connectivity index (χ1n) is 7.50. The van der Waals surface area contributed by atoms with Crippen LogP contribution in [0.3, 0.4) is 0 Å². The molecule has 2 saturated heterocycles. The molecular formula is C16H22N2O3. The summed E-state index contributed by atoms with van der Waals surface area (Å²) in [4.78, 5) is 18.5. The van der Waals surface area contributed by atoms with Crippen molar-refractivity contribution in [1.29, 1.82) is 0 Å². The Bertz CT molecular complexity index is 524. The highest BCUT2D eigenvalue weighted by molar-refractivity contribution is 5.94. The zero-order valence-electron chi connectivity index (χ0n) is 12.7. The van der Waals surface area contributed by atoms with E-state index in [0.717, 1.165) is 37.9 Å². The van der Waals surface area contributed by atoms with Crippen molar-refractivity contribution in [3.8, 4) is 0 Å². The number of rotatable bonds is 2. The number of carbonyl (C=O) groups is 1. The van der Waals surface area contributed by atoms with Crippen LogP contribution in [0.1, 0.15) is 35.2 Å². The molecule has 0 radical (unpaired) electrons. The fraction of sp³-hybridized carbons (Fsp3) is 0.625. The van der Waals surface area contributed by atoms with Crippen molar-refractivity contribution in [2.75, 3.05) is 26.8 Å². The molecule has 114 valence electrons. The molecule has 21 heavy (non-hydrogen) atoms. The molecule has 1 spiro atoms. The molecule has 5 heteroatoms. The van der Waals surface area contributed by atoms with Crippen LogP contribution < -0.4 is 0 Å². The van der Waals surface area contributed by atoms with Crippen molar-refractivity contribution in [2.24, 2.45) is 0 Å². The van der Waals surface area contributed by atoms with Crippen molar-refractivity contribution >= 4 is 5.91 Å². The Labute approximate surface area is 125 Å². The van der Waals surface area contributed by atoms with E-state index in [2.05, 4.69) is 4.98 Å². The minimum atomic E-state index is -0.0810. The summed E-state index contributed by atoms with van der Waals surface area (Å²) in [5.74, 6) is 0.0716. The molecule has 2 fully saturated rings. The fourth-order valence-corrected chi connectivity index (χ4v) is 3.27. The van der Waals surface area contributed by atoms with E-state index in [-0.39, 0.29) is 17.6 Å².